The summed E-state index contributed by atoms with van der Waals surface area (Å²) in [6, 6.07) is 16.6. The van der Waals surface area contributed by atoms with Crippen molar-refractivity contribution in [3.05, 3.63) is 95.2 Å². The lowest BCUT2D eigenvalue weighted by atomic mass is 10.1. The van der Waals surface area contributed by atoms with Crippen LogP contribution in [0.3, 0.4) is 0 Å². The molecule has 2 heterocycles. The predicted molar refractivity (Wildman–Crippen MR) is 106 cm³/mol. The van der Waals surface area contributed by atoms with Crippen molar-refractivity contribution in [2.75, 3.05) is 0 Å². The van der Waals surface area contributed by atoms with Crippen molar-refractivity contribution in [3.63, 3.8) is 0 Å². The second kappa shape index (κ2) is 8.10. The van der Waals surface area contributed by atoms with Crippen LogP contribution in [0.25, 0.3) is 11.3 Å². The van der Waals surface area contributed by atoms with E-state index in [1.54, 1.807) is 30.7 Å². The number of hydrogen-bond acceptors (Lipinski definition) is 4. The molecule has 0 saturated heterocycles. The maximum atomic E-state index is 12.4. The fourth-order valence-corrected chi connectivity index (χ4v) is 2.90. The van der Waals surface area contributed by atoms with Crippen LogP contribution in [0.15, 0.2) is 77.8 Å². The van der Waals surface area contributed by atoms with E-state index in [1.165, 1.54) is 0 Å². The largest absolute Gasteiger partial charge is 0.356 e. The number of benzene rings is 2. The molecule has 6 nitrogen and oxygen atoms in total. The van der Waals surface area contributed by atoms with Crippen LogP contribution < -0.4 is 5.32 Å². The Hall–Kier alpha value is -3.38. The summed E-state index contributed by atoms with van der Waals surface area (Å²) in [5.41, 5.74) is 3.22. The normalized spacial score (nSPS) is 10.8. The zero-order valence-electron chi connectivity index (χ0n) is 14.9. The topological polar surface area (TPSA) is 73.0 Å². The first kappa shape index (κ1) is 18.0. The van der Waals surface area contributed by atoms with Crippen LogP contribution in [0.2, 0.25) is 5.02 Å². The molecular formula is C21H17ClN4O2. The first-order chi connectivity index (χ1) is 13.7. The van der Waals surface area contributed by atoms with Crippen molar-refractivity contribution in [2.24, 2.45) is 0 Å². The first-order valence-corrected chi connectivity index (χ1v) is 9.09. The molecule has 7 heteroatoms. The van der Waals surface area contributed by atoms with Crippen LogP contribution in [0, 0.1) is 0 Å². The summed E-state index contributed by atoms with van der Waals surface area (Å²) in [5, 5.41) is 7.52. The van der Waals surface area contributed by atoms with E-state index in [0.29, 0.717) is 28.6 Å². The van der Waals surface area contributed by atoms with Crippen LogP contribution in [0.4, 0.5) is 0 Å². The third-order valence-corrected chi connectivity index (χ3v) is 4.51. The number of imidazole rings is 1. The van der Waals surface area contributed by atoms with Gasteiger partial charge in [-0.05, 0) is 42.0 Å². The van der Waals surface area contributed by atoms with Gasteiger partial charge < -0.3 is 14.4 Å². The van der Waals surface area contributed by atoms with Gasteiger partial charge in [-0.25, -0.2) is 4.98 Å². The Kier molecular flexibility index (Phi) is 5.21. The van der Waals surface area contributed by atoms with Gasteiger partial charge in [0.25, 0.3) is 5.91 Å². The molecule has 1 amide bonds. The van der Waals surface area contributed by atoms with Crippen LogP contribution in [-0.2, 0) is 13.1 Å². The van der Waals surface area contributed by atoms with Crippen molar-refractivity contribution in [3.8, 4) is 11.3 Å². The zero-order chi connectivity index (χ0) is 19.3. The standard InChI is InChI=1S/C21H17ClN4O2/c22-18-7-5-16(6-8-18)20-11-19(25-28-20)12-24-21(27)17-3-1-15(2-4-17)13-26-10-9-23-14-26/h1-11,14H,12-13H2,(H,24,27). The van der Waals surface area contributed by atoms with E-state index < -0.39 is 0 Å². The molecule has 0 aliphatic rings. The van der Waals surface area contributed by atoms with E-state index >= 15 is 0 Å². The van der Waals surface area contributed by atoms with E-state index in [0.717, 1.165) is 11.1 Å². The number of rotatable bonds is 6. The second-order valence-corrected chi connectivity index (χ2v) is 6.74. The highest BCUT2D eigenvalue weighted by atomic mass is 35.5. The van der Waals surface area contributed by atoms with E-state index in [4.69, 9.17) is 16.1 Å². The molecule has 0 spiro atoms. The molecule has 0 bridgehead atoms. The number of halogens is 1. The second-order valence-electron chi connectivity index (χ2n) is 6.30. The molecule has 0 atom stereocenters. The Bertz CT molecular complexity index is 1050. The molecule has 0 saturated carbocycles. The highest BCUT2D eigenvalue weighted by Crippen LogP contribution is 2.22. The molecule has 140 valence electrons. The quantitative estimate of drug-likeness (QED) is 0.534. The number of nitrogens with one attached hydrogen (secondary N) is 1. The molecule has 0 fully saturated rings. The molecule has 4 aromatic rings. The van der Waals surface area contributed by atoms with Gasteiger partial charge in [0.1, 0.15) is 5.69 Å². The molecule has 1 N–H and O–H groups in total. The third-order valence-electron chi connectivity index (χ3n) is 4.26. The fraction of sp³-hybridized carbons (Fsp3) is 0.0952. The minimum atomic E-state index is -0.162. The Morgan fingerprint density at radius 3 is 2.61 bits per heavy atom. The summed E-state index contributed by atoms with van der Waals surface area (Å²) >= 11 is 5.89. The molecule has 0 aliphatic carbocycles. The smallest absolute Gasteiger partial charge is 0.251 e. The number of carbonyl (C=O) groups excluding carboxylic acids is 1. The SMILES string of the molecule is O=C(NCc1cc(-c2ccc(Cl)cc2)on1)c1ccc(Cn2ccnc2)cc1. The summed E-state index contributed by atoms with van der Waals surface area (Å²) in [4.78, 5) is 16.4. The monoisotopic (exact) mass is 392 g/mol. The Labute approximate surface area is 166 Å². The minimum absolute atomic E-state index is 0.162. The Morgan fingerprint density at radius 1 is 1.11 bits per heavy atom. The third kappa shape index (κ3) is 4.29. The number of carbonyl (C=O) groups is 1. The average molecular weight is 393 g/mol. The summed E-state index contributed by atoms with van der Waals surface area (Å²) in [5.74, 6) is 0.468. The molecule has 2 aromatic carbocycles. The highest BCUT2D eigenvalue weighted by Gasteiger charge is 2.10. The number of nitrogens with zero attached hydrogens (tertiary/aromatic N) is 3. The van der Waals surface area contributed by atoms with Crippen molar-refractivity contribution in [1.82, 2.24) is 20.0 Å². The molecular weight excluding hydrogens is 376 g/mol. The van der Waals surface area contributed by atoms with Gasteiger partial charge in [-0.1, -0.05) is 28.9 Å². The molecule has 0 radical (unpaired) electrons. The van der Waals surface area contributed by atoms with Gasteiger partial charge in [-0.15, -0.1) is 0 Å². The fourth-order valence-electron chi connectivity index (χ4n) is 2.77. The minimum Gasteiger partial charge on any atom is -0.356 e. The molecule has 4 rings (SSSR count). The molecule has 0 aliphatic heterocycles. The average Bonchev–Trinajstić information content (AvgIpc) is 3.39. The van der Waals surface area contributed by atoms with E-state index in [1.807, 2.05) is 47.2 Å². The van der Waals surface area contributed by atoms with Crippen LogP contribution >= 0.6 is 11.6 Å². The summed E-state index contributed by atoms with van der Waals surface area (Å²) in [6.45, 7) is 1.00. The molecule has 28 heavy (non-hydrogen) atoms. The van der Waals surface area contributed by atoms with Gasteiger partial charge in [-0.3, -0.25) is 4.79 Å². The summed E-state index contributed by atoms with van der Waals surface area (Å²) in [6.07, 6.45) is 5.40. The van der Waals surface area contributed by atoms with Gasteiger partial charge >= 0.3 is 0 Å². The first-order valence-electron chi connectivity index (χ1n) is 8.72. The van der Waals surface area contributed by atoms with Gasteiger partial charge in [-0.2, -0.15) is 0 Å². The van der Waals surface area contributed by atoms with Crippen LogP contribution in [0.1, 0.15) is 21.6 Å². The van der Waals surface area contributed by atoms with Crippen molar-refractivity contribution in [2.45, 2.75) is 13.1 Å². The van der Waals surface area contributed by atoms with Crippen LogP contribution in [0.5, 0.6) is 0 Å². The number of aromatic nitrogens is 3. The maximum Gasteiger partial charge on any atom is 0.251 e. The zero-order valence-corrected chi connectivity index (χ0v) is 15.6. The Morgan fingerprint density at radius 2 is 1.89 bits per heavy atom. The lowest BCUT2D eigenvalue weighted by Gasteiger charge is -2.05. The number of hydrogen-bond donors (Lipinski definition) is 1. The van der Waals surface area contributed by atoms with Crippen molar-refractivity contribution >= 4 is 17.5 Å². The predicted octanol–water partition coefficient (Wildman–Crippen LogP) is 4.17. The lowest BCUT2D eigenvalue weighted by molar-refractivity contribution is 0.0950. The summed E-state index contributed by atoms with van der Waals surface area (Å²) in [7, 11) is 0. The number of amides is 1. The van der Waals surface area contributed by atoms with E-state index in [2.05, 4.69) is 15.5 Å². The maximum absolute atomic E-state index is 12.4. The Balaban J connectivity index is 1.34. The van der Waals surface area contributed by atoms with Crippen molar-refractivity contribution < 1.29 is 9.32 Å². The van der Waals surface area contributed by atoms with E-state index in [9.17, 15) is 4.79 Å². The molecule has 2 aromatic heterocycles. The van der Waals surface area contributed by atoms with Gasteiger partial charge in [0, 0.05) is 41.2 Å². The van der Waals surface area contributed by atoms with E-state index in [-0.39, 0.29) is 12.5 Å². The molecule has 0 unspecified atom stereocenters. The highest BCUT2D eigenvalue weighted by molar-refractivity contribution is 6.30. The van der Waals surface area contributed by atoms with Gasteiger partial charge in [0.2, 0.25) is 0 Å². The van der Waals surface area contributed by atoms with Crippen LogP contribution in [-0.4, -0.2) is 20.6 Å². The summed E-state index contributed by atoms with van der Waals surface area (Å²) < 4.78 is 7.31. The van der Waals surface area contributed by atoms with Gasteiger partial charge in [0.05, 0.1) is 12.9 Å². The van der Waals surface area contributed by atoms with Gasteiger partial charge in [0.15, 0.2) is 5.76 Å². The van der Waals surface area contributed by atoms with Crippen molar-refractivity contribution in [1.29, 1.82) is 0 Å². The lowest BCUT2D eigenvalue weighted by Crippen LogP contribution is -2.22.